The summed E-state index contributed by atoms with van der Waals surface area (Å²) in [4.78, 5) is 162. The molecule has 1 aromatic carbocycles. The molecule has 0 unspecified atom stereocenters. The lowest BCUT2D eigenvalue weighted by Crippen LogP contribution is -2.65. The van der Waals surface area contributed by atoms with Crippen molar-refractivity contribution in [1.82, 2.24) is 58.5 Å². The van der Waals surface area contributed by atoms with Crippen molar-refractivity contribution in [2.24, 2.45) is 56.5 Å². The predicted molar refractivity (Wildman–Crippen MR) is 331 cm³/mol. The third-order valence-electron chi connectivity index (χ3n) is 14.5. The van der Waals surface area contributed by atoms with Gasteiger partial charge in [-0.1, -0.05) is 120 Å². The molecule has 0 spiro atoms. The normalized spacial score (nSPS) is 24.8. The second-order valence-corrected chi connectivity index (χ2v) is 25.9. The molecule has 1 aliphatic rings. The average Bonchev–Trinajstić information content (AvgIpc) is 1.77. The van der Waals surface area contributed by atoms with E-state index in [1.165, 1.54) is 45.0 Å². The van der Waals surface area contributed by atoms with Gasteiger partial charge in [0.2, 0.25) is 65.0 Å². The molecule has 0 bridgehead atoms. The van der Waals surface area contributed by atoms with Gasteiger partial charge in [-0.15, -0.1) is 0 Å². The van der Waals surface area contributed by atoms with Gasteiger partial charge < -0.3 is 96.7 Å². The van der Waals surface area contributed by atoms with Crippen molar-refractivity contribution in [3.8, 4) is 0 Å². The number of guanidine groups is 1. The summed E-state index contributed by atoms with van der Waals surface area (Å²) in [6, 6.07) is -10.3. The zero-order valence-electron chi connectivity index (χ0n) is 53.8. The number of aliphatic hydroxyl groups excluding tert-OH is 3. The van der Waals surface area contributed by atoms with Gasteiger partial charge in [-0.05, 0) is 73.2 Å². The number of hydrogen-bond donors (Lipinski definition) is 18. The largest absolute Gasteiger partial charge is 0.394 e. The maximum absolute atomic E-state index is 15.4. The predicted octanol–water partition coefficient (Wildman–Crippen LogP) is -3.97. The molecule has 0 radical (unpaired) electrons. The summed E-state index contributed by atoms with van der Waals surface area (Å²) in [6.45, 7) is 19.4. The molecule has 0 aliphatic carbocycles. The van der Waals surface area contributed by atoms with Gasteiger partial charge in [-0.25, -0.2) is 0 Å². The van der Waals surface area contributed by atoms with Gasteiger partial charge in [0, 0.05) is 13.1 Å². The van der Waals surface area contributed by atoms with E-state index in [0.717, 1.165) is 0 Å². The van der Waals surface area contributed by atoms with Gasteiger partial charge >= 0.3 is 0 Å². The number of carbonyl (C=O) groups excluding carboxylic acids is 11. The number of benzene rings is 1. The molecule has 30 heteroatoms. The highest BCUT2D eigenvalue weighted by atomic mass is 16.3. The molecule has 11 amide bonds. The number of amides is 11. The Balaban J connectivity index is 3.09. The second-order valence-electron chi connectivity index (χ2n) is 25.9. The topological polar surface area (TPSA) is 497 Å². The van der Waals surface area contributed by atoms with Crippen molar-refractivity contribution >= 4 is 70.9 Å². The Morgan fingerprint density at radius 1 is 0.652 bits per heavy atom. The van der Waals surface area contributed by atoms with Crippen LogP contribution in [0.4, 0.5) is 0 Å². The Morgan fingerprint density at radius 2 is 1.18 bits per heavy atom. The molecule has 30 nitrogen and oxygen atoms in total. The van der Waals surface area contributed by atoms with Crippen LogP contribution in [0.15, 0.2) is 35.3 Å². The SMILES string of the molecule is CC[C@H](C)[C@@H]1NC(=O)[C@@H](CCCN=C(N)N)NC(=O)[C@H](CC(C)C)NC(=O)[C@H]([C@H](O)C(C)C)NC(=O)[C@@H](NC(=O)[C@H](CC(C)(C)C)NC(=O)[C@H](N)CC(C)(C)C)[C@@H](c2ccccc2)NC(=O)[C@H](CO)NC(=O)[C@H](CN)NC(=O)CNC(=O)[C@H]([C@H](C)O)NC1=O. The van der Waals surface area contributed by atoms with E-state index in [-0.39, 0.29) is 62.5 Å². The minimum Gasteiger partial charge on any atom is -0.394 e. The van der Waals surface area contributed by atoms with Crippen LogP contribution < -0.4 is 81.4 Å². The van der Waals surface area contributed by atoms with Crippen molar-refractivity contribution in [1.29, 1.82) is 0 Å². The summed E-state index contributed by atoms with van der Waals surface area (Å²) in [5.74, 6) is -13.3. The lowest BCUT2D eigenvalue weighted by Gasteiger charge is -2.35. The minimum atomic E-state index is -2.01. The van der Waals surface area contributed by atoms with E-state index in [1.807, 2.05) is 20.8 Å². The Bertz CT molecular complexity index is 2590. The lowest BCUT2D eigenvalue weighted by atomic mass is 9.86. The van der Waals surface area contributed by atoms with Crippen LogP contribution in [0, 0.1) is 28.6 Å². The fourth-order valence-corrected chi connectivity index (χ4v) is 9.45. The van der Waals surface area contributed by atoms with Crippen molar-refractivity contribution in [3.05, 3.63) is 35.9 Å². The first-order valence-corrected chi connectivity index (χ1v) is 30.2. The smallest absolute Gasteiger partial charge is 0.245 e. The summed E-state index contributed by atoms with van der Waals surface area (Å²) >= 11 is 0. The molecule has 1 aliphatic heterocycles. The second kappa shape index (κ2) is 36.2. The van der Waals surface area contributed by atoms with Crippen LogP contribution >= 0.6 is 0 Å². The van der Waals surface area contributed by atoms with Gasteiger partial charge in [0.1, 0.15) is 54.4 Å². The summed E-state index contributed by atoms with van der Waals surface area (Å²) in [6.07, 6.45) is -3.08. The molecule has 1 fully saturated rings. The van der Waals surface area contributed by atoms with Gasteiger partial charge in [-0.3, -0.25) is 57.7 Å². The van der Waals surface area contributed by atoms with Crippen molar-refractivity contribution in [2.45, 2.75) is 207 Å². The molecule has 0 aromatic heterocycles. The molecule has 1 saturated heterocycles. The highest BCUT2D eigenvalue weighted by molar-refractivity contribution is 6.00. The first kappa shape index (κ1) is 77.6. The summed E-state index contributed by atoms with van der Waals surface area (Å²) in [7, 11) is 0. The van der Waals surface area contributed by atoms with Gasteiger partial charge in [0.25, 0.3) is 0 Å². The van der Waals surface area contributed by atoms with Crippen molar-refractivity contribution < 1.29 is 68.1 Å². The maximum atomic E-state index is 15.4. The Hall–Kier alpha value is -7.54. The minimum absolute atomic E-state index is 0.0169. The quantitative estimate of drug-likeness (QED) is 0.0336. The summed E-state index contributed by atoms with van der Waals surface area (Å²) in [5, 5.41) is 61.1. The molecular weight excluding hydrogens is 1160 g/mol. The van der Waals surface area contributed by atoms with Gasteiger partial charge in [0.05, 0.1) is 37.4 Å². The molecule has 14 atom stereocenters. The molecule has 0 saturated carbocycles. The van der Waals surface area contributed by atoms with Crippen molar-refractivity contribution in [3.63, 3.8) is 0 Å². The van der Waals surface area contributed by atoms with Crippen LogP contribution in [0.1, 0.15) is 140 Å². The molecular formula is C59H102N16O14. The van der Waals surface area contributed by atoms with E-state index in [0.29, 0.717) is 0 Å². The average molecular weight is 1260 g/mol. The van der Waals surface area contributed by atoms with Gasteiger partial charge in [-0.2, -0.15) is 0 Å². The fourth-order valence-electron chi connectivity index (χ4n) is 9.45. The van der Waals surface area contributed by atoms with E-state index in [2.05, 4.69) is 63.5 Å². The van der Waals surface area contributed by atoms with E-state index in [4.69, 9.17) is 22.9 Å². The standard InChI is InChI=1S/C59H102N16O14/c1-14-31(6)41-54(87)72-42(32(7)77)53(86)65-27-40(78)66-38(26-60)51(84)70-39(28-76)52(85)73-43(33-19-16-15-17-20-33)44(74-50(83)37(25-59(11,12)13)69-47(80)34(61)24-58(8,9)10)55(88)75-45(46(79)30(4)5)56(89)68-36(23-29(2)3)49(82)67-35(48(81)71-41)21-18-22-64-57(62)63/h15-17,19-20,29-32,34-39,41-46,76-77,79H,14,18,21-28,60-61H2,1-13H3,(H,65,86)(H,66,78)(H,67,82)(H,68,89)(H,69,80)(H,70,84)(H,71,81)(H,72,87)(H,73,85)(H,74,83)(H,75,88)(H4,62,63,64)/t31-,32-,34+,35+,36-,37-,38-,39-,41-,42-,43+,44-,45-,46+/m0/s1. The van der Waals surface area contributed by atoms with E-state index < -0.39 is 186 Å². The zero-order valence-corrected chi connectivity index (χ0v) is 53.8. The Labute approximate surface area is 521 Å². The number of hydrogen-bond acceptors (Lipinski definition) is 17. The van der Waals surface area contributed by atoms with Crippen LogP contribution in [-0.4, -0.2) is 185 Å². The number of aliphatic hydroxyl groups is 3. The maximum Gasteiger partial charge on any atom is 0.245 e. The number of rotatable bonds is 20. The highest BCUT2D eigenvalue weighted by Gasteiger charge is 2.42. The van der Waals surface area contributed by atoms with E-state index >= 15 is 4.79 Å². The first-order chi connectivity index (χ1) is 41.3. The Morgan fingerprint density at radius 3 is 1.71 bits per heavy atom. The summed E-state index contributed by atoms with van der Waals surface area (Å²) in [5.41, 5.74) is 22.4. The van der Waals surface area contributed by atoms with Gasteiger partial charge in [0.15, 0.2) is 5.96 Å². The van der Waals surface area contributed by atoms with Crippen LogP contribution in [0.5, 0.6) is 0 Å². The number of aliphatic imine (C=N–C) groups is 1. The molecule has 89 heavy (non-hydrogen) atoms. The lowest BCUT2D eigenvalue weighted by molar-refractivity contribution is -0.139. The molecule has 2 rings (SSSR count). The monoisotopic (exact) mass is 1260 g/mol. The first-order valence-electron chi connectivity index (χ1n) is 30.2. The molecule has 502 valence electrons. The highest BCUT2D eigenvalue weighted by Crippen LogP contribution is 2.25. The molecule has 1 heterocycles. The number of nitrogens with two attached hydrogens (primary N) is 4. The van der Waals surface area contributed by atoms with Crippen LogP contribution in [0.25, 0.3) is 0 Å². The molecule has 22 N–H and O–H groups in total. The zero-order chi connectivity index (χ0) is 67.8. The van der Waals surface area contributed by atoms with Crippen LogP contribution in [-0.2, 0) is 52.7 Å². The third-order valence-corrected chi connectivity index (χ3v) is 14.5. The number of nitrogens with zero attached hydrogens (tertiary/aromatic N) is 1. The van der Waals surface area contributed by atoms with E-state index in [1.54, 1.807) is 54.5 Å². The van der Waals surface area contributed by atoms with Crippen molar-refractivity contribution in [2.75, 3.05) is 26.2 Å². The van der Waals surface area contributed by atoms with Crippen LogP contribution in [0.2, 0.25) is 0 Å². The third kappa shape index (κ3) is 26.6. The van der Waals surface area contributed by atoms with Crippen LogP contribution in [0.3, 0.4) is 0 Å². The van der Waals surface area contributed by atoms with E-state index in [9.17, 15) is 63.3 Å². The number of nitrogens with one attached hydrogen (secondary N) is 11. The number of carbonyl (C=O) groups is 11. The molecule has 1 aromatic rings. The Kier molecular flexibility index (Phi) is 31.5. The fraction of sp³-hybridized carbons (Fsp3) is 0.695. The summed E-state index contributed by atoms with van der Waals surface area (Å²) < 4.78 is 0.